The van der Waals surface area contributed by atoms with Gasteiger partial charge >= 0.3 is 103 Å². The number of allylic oxidation sites excluding steroid dienone is 1. The number of hydrogen-bond acceptors (Lipinski definition) is 2. The van der Waals surface area contributed by atoms with Crippen LogP contribution >= 0.6 is 0 Å². The summed E-state index contributed by atoms with van der Waals surface area (Å²) in [5.74, 6) is -1.03. The van der Waals surface area contributed by atoms with Crippen molar-refractivity contribution in [2.45, 2.75) is 64.7 Å². The standard InChI is InChI=1S/C12H24O2.2K/c1-2-3-4-5-6-7-8-9-10-11-12(13)14;;/h11,13-14H,2-10H2,1H3;;/q;2*+1/p-2. The largest absolute Gasteiger partial charge is 1.00 e. The summed E-state index contributed by atoms with van der Waals surface area (Å²) in [5, 5.41) is 20.1. The third-order valence-electron chi connectivity index (χ3n) is 2.37. The van der Waals surface area contributed by atoms with E-state index in [9.17, 15) is 10.2 Å². The first-order valence-corrected chi connectivity index (χ1v) is 5.81. The molecule has 0 amide bonds. The molecule has 0 aliphatic carbocycles. The Kier molecular flexibility index (Phi) is 29.5. The maximum Gasteiger partial charge on any atom is 1.00 e. The van der Waals surface area contributed by atoms with Gasteiger partial charge < -0.3 is 10.2 Å². The van der Waals surface area contributed by atoms with Crippen LogP contribution < -0.4 is 113 Å². The van der Waals surface area contributed by atoms with E-state index in [-0.39, 0.29) is 103 Å². The first kappa shape index (κ1) is 23.7. The molecular formula is C12H22K2O2. The molecule has 0 radical (unpaired) electrons. The molecule has 0 unspecified atom stereocenters. The molecule has 0 rings (SSSR count). The number of hydrogen-bond donors (Lipinski definition) is 0. The second kappa shape index (κ2) is 19.9. The van der Waals surface area contributed by atoms with Crippen LogP contribution in [0.5, 0.6) is 0 Å². The molecule has 84 valence electrons. The summed E-state index contributed by atoms with van der Waals surface area (Å²) in [6, 6.07) is 0. The van der Waals surface area contributed by atoms with Gasteiger partial charge in [0.2, 0.25) is 0 Å². The van der Waals surface area contributed by atoms with E-state index in [1.165, 1.54) is 44.6 Å². The monoisotopic (exact) mass is 276 g/mol. The van der Waals surface area contributed by atoms with Gasteiger partial charge in [0.1, 0.15) is 0 Å². The van der Waals surface area contributed by atoms with Crippen molar-refractivity contribution in [2.24, 2.45) is 0 Å². The van der Waals surface area contributed by atoms with Gasteiger partial charge in [0.25, 0.3) is 0 Å². The van der Waals surface area contributed by atoms with Crippen molar-refractivity contribution >= 4 is 0 Å². The predicted octanol–water partition coefficient (Wildman–Crippen LogP) is -3.91. The van der Waals surface area contributed by atoms with E-state index in [4.69, 9.17) is 0 Å². The van der Waals surface area contributed by atoms with Crippen molar-refractivity contribution in [1.82, 2.24) is 0 Å². The van der Waals surface area contributed by atoms with Gasteiger partial charge in [0.05, 0.1) is 0 Å². The van der Waals surface area contributed by atoms with Crippen LogP contribution in [0, 0.1) is 0 Å². The molecule has 0 saturated heterocycles. The van der Waals surface area contributed by atoms with Crippen molar-refractivity contribution in [2.75, 3.05) is 0 Å². The molecule has 0 atom stereocenters. The second-order valence-corrected chi connectivity index (χ2v) is 3.79. The molecule has 0 bridgehead atoms. The van der Waals surface area contributed by atoms with E-state index in [0.717, 1.165) is 12.8 Å². The zero-order chi connectivity index (χ0) is 10.6. The van der Waals surface area contributed by atoms with Crippen molar-refractivity contribution in [1.29, 1.82) is 0 Å². The molecule has 16 heavy (non-hydrogen) atoms. The van der Waals surface area contributed by atoms with Crippen LogP contribution in [-0.2, 0) is 0 Å². The van der Waals surface area contributed by atoms with E-state index in [0.29, 0.717) is 6.42 Å². The topological polar surface area (TPSA) is 46.1 Å². The van der Waals surface area contributed by atoms with Crippen molar-refractivity contribution in [3.63, 3.8) is 0 Å². The Morgan fingerprint density at radius 2 is 1.25 bits per heavy atom. The Labute approximate surface area is 185 Å². The Hall–Kier alpha value is 2.61. The van der Waals surface area contributed by atoms with E-state index >= 15 is 0 Å². The summed E-state index contributed by atoms with van der Waals surface area (Å²) in [6.45, 7) is 2.22. The SMILES string of the molecule is CCCCCCCCCCC=C([O-])[O-].[K+].[K+]. The van der Waals surface area contributed by atoms with Crippen LogP contribution in [0.2, 0.25) is 0 Å². The fourth-order valence-electron chi connectivity index (χ4n) is 1.50. The Balaban J connectivity index is -0.000000845. The second-order valence-electron chi connectivity index (χ2n) is 3.79. The molecule has 0 N–H and O–H groups in total. The van der Waals surface area contributed by atoms with Crippen LogP contribution in [0.25, 0.3) is 0 Å². The van der Waals surface area contributed by atoms with Gasteiger partial charge in [-0.15, -0.1) is 6.08 Å². The molecule has 0 aliphatic heterocycles. The van der Waals surface area contributed by atoms with Gasteiger partial charge in [-0.3, -0.25) is 0 Å². The van der Waals surface area contributed by atoms with Gasteiger partial charge in [-0.1, -0.05) is 51.9 Å². The van der Waals surface area contributed by atoms with Crippen LogP contribution in [0.1, 0.15) is 64.7 Å². The molecule has 0 spiro atoms. The fourth-order valence-corrected chi connectivity index (χ4v) is 1.50. The molecule has 0 aromatic rings. The zero-order valence-corrected chi connectivity index (χ0v) is 17.5. The summed E-state index contributed by atoms with van der Waals surface area (Å²) in [5.41, 5.74) is 0. The first-order valence-electron chi connectivity index (χ1n) is 5.81. The maximum absolute atomic E-state index is 10.0. The number of rotatable bonds is 9. The van der Waals surface area contributed by atoms with E-state index in [1.54, 1.807) is 0 Å². The molecule has 0 aliphatic rings. The van der Waals surface area contributed by atoms with E-state index < -0.39 is 5.95 Å². The van der Waals surface area contributed by atoms with E-state index in [1.807, 2.05) is 0 Å². The van der Waals surface area contributed by atoms with E-state index in [2.05, 4.69) is 6.92 Å². The van der Waals surface area contributed by atoms with Crippen molar-refractivity contribution in [3.8, 4) is 0 Å². The minimum absolute atomic E-state index is 0. The normalized spacial score (nSPS) is 8.81. The van der Waals surface area contributed by atoms with Gasteiger partial charge in [-0.2, -0.15) is 0 Å². The molecule has 2 nitrogen and oxygen atoms in total. The zero-order valence-electron chi connectivity index (χ0n) is 11.3. The molecule has 0 heterocycles. The minimum atomic E-state index is -1.03. The van der Waals surface area contributed by atoms with Crippen LogP contribution in [0.4, 0.5) is 0 Å². The van der Waals surface area contributed by atoms with Gasteiger partial charge in [0, 0.05) is 0 Å². The van der Waals surface area contributed by atoms with Gasteiger partial charge in [-0.05, 0) is 12.8 Å². The van der Waals surface area contributed by atoms with Gasteiger partial charge in [-0.25, -0.2) is 5.95 Å². The molecule has 0 aromatic carbocycles. The fraction of sp³-hybridized carbons (Fsp3) is 0.833. The molecule has 0 saturated carbocycles. The van der Waals surface area contributed by atoms with Crippen LogP contribution in [0.15, 0.2) is 12.0 Å². The summed E-state index contributed by atoms with van der Waals surface area (Å²) in [4.78, 5) is 0. The Morgan fingerprint density at radius 1 is 0.812 bits per heavy atom. The van der Waals surface area contributed by atoms with Crippen molar-refractivity contribution in [3.05, 3.63) is 12.0 Å². The molecule has 4 heteroatoms. The third kappa shape index (κ3) is 21.9. The van der Waals surface area contributed by atoms with Crippen LogP contribution in [-0.4, -0.2) is 0 Å². The maximum atomic E-state index is 10.0. The summed E-state index contributed by atoms with van der Waals surface area (Å²) in [7, 11) is 0. The number of unbranched alkanes of at least 4 members (excludes halogenated alkanes) is 8. The average Bonchev–Trinajstić information content (AvgIpc) is 2.15. The first-order chi connectivity index (χ1) is 6.77. The smallest absolute Gasteiger partial charge is 0.884 e. The Morgan fingerprint density at radius 3 is 1.69 bits per heavy atom. The summed E-state index contributed by atoms with van der Waals surface area (Å²) >= 11 is 0. The summed E-state index contributed by atoms with van der Waals surface area (Å²) < 4.78 is 0. The van der Waals surface area contributed by atoms with Crippen LogP contribution in [0.3, 0.4) is 0 Å². The molecule has 0 fully saturated rings. The van der Waals surface area contributed by atoms with Gasteiger partial charge in [0.15, 0.2) is 0 Å². The Bertz CT molecular complexity index is 146. The molecule has 0 aromatic heterocycles. The molecular weight excluding hydrogens is 254 g/mol. The quantitative estimate of drug-likeness (QED) is 0.245. The predicted molar refractivity (Wildman–Crippen MR) is 55.3 cm³/mol. The van der Waals surface area contributed by atoms with Crippen molar-refractivity contribution < 1.29 is 113 Å². The third-order valence-corrected chi connectivity index (χ3v) is 2.37. The minimum Gasteiger partial charge on any atom is -0.884 e. The summed E-state index contributed by atoms with van der Waals surface area (Å²) in [6.07, 6.45) is 11.9. The average molecular weight is 277 g/mol.